The summed E-state index contributed by atoms with van der Waals surface area (Å²) in [5.74, 6) is 2.31. The topological polar surface area (TPSA) is 51.5 Å². The Bertz CT molecular complexity index is 994. The van der Waals surface area contributed by atoms with Crippen LogP contribution in [0.2, 0.25) is 10.0 Å². The number of halogens is 2. The fourth-order valence-corrected chi connectivity index (χ4v) is 3.48. The van der Waals surface area contributed by atoms with Gasteiger partial charge >= 0.3 is 0 Å². The van der Waals surface area contributed by atoms with E-state index in [9.17, 15) is 0 Å². The molecule has 1 aliphatic carbocycles. The first-order valence-corrected chi connectivity index (χ1v) is 9.66. The van der Waals surface area contributed by atoms with Crippen molar-refractivity contribution in [3.8, 4) is 17.6 Å². The van der Waals surface area contributed by atoms with Gasteiger partial charge < -0.3 is 14.2 Å². The number of allylic oxidation sites excluding steroid dienone is 2. The first kappa shape index (κ1) is 18.7. The van der Waals surface area contributed by atoms with Crippen LogP contribution >= 0.6 is 23.2 Å². The smallest absolute Gasteiger partial charge is 0.162 e. The number of hydrogen-bond acceptors (Lipinski definition) is 4. The van der Waals surface area contributed by atoms with Crippen molar-refractivity contribution in [2.45, 2.75) is 19.1 Å². The number of rotatable bonds is 4. The molecule has 6 heteroatoms. The van der Waals surface area contributed by atoms with Gasteiger partial charge in [-0.15, -0.1) is 0 Å². The number of benzene rings is 2. The van der Waals surface area contributed by atoms with Gasteiger partial charge in [0.25, 0.3) is 0 Å². The summed E-state index contributed by atoms with van der Waals surface area (Å²) in [6, 6.07) is 12.8. The molecule has 28 heavy (non-hydrogen) atoms. The Morgan fingerprint density at radius 1 is 1.11 bits per heavy atom. The highest BCUT2D eigenvalue weighted by Gasteiger charge is 2.28. The summed E-state index contributed by atoms with van der Waals surface area (Å²) in [5.41, 5.74) is 1.52. The summed E-state index contributed by atoms with van der Waals surface area (Å²) >= 11 is 12.0. The van der Waals surface area contributed by atoms with Crippen LogP contribution in [0.25, 0.3) is 0 Å². The number of nitriles is 1. The lowest BCUT2D eigenvalue weighted by atomic mass is 9.94. The van der Waals surface area contributed by atoms with Gasteiger partial charge in [-0.05, 0) is 48.4 Å². The molecule has 2 aromatic carbocycles. The molecule has 1 heterocycles. The summed E-state index contributed by atoms with van der Waals surface area (Å²) in [7, 11) is 0. The van der Waals surface area contributed by atoms with E-state index in [1.165, 1.54) is 0 Å². The van der Waals surface area contributed by atoms with Crippen molar-refractivity contribution in [2.24, 2.45) is 5.92 Å². The summed E-state index contributed by atoms with van der Waals surface area (Å²) in [4.78, 5) is 0. The van der Waals surface area contributed by atoms with Crippen LogP contribution in [0.3, 0.4) is 0 Å². The lowest BCUT2D eigenvalue weighted by Gasteiger charge is -2.31. The molecule has 4 rings (SSSR count). The van der Waals surface area contributed by atoms with Crippen LogP contribution < -0.4 is 9.47 Å². The van der Waals surface area contributed by atoms with Crippen molar-refractivity contribution in [2.75, 3.05) is 6.61 Å². The molecule has 1 unspecified atom stereocenters. The first-order valence-electron chi connectivity index (χ1n) is 8.91. The van der Waals surface area contributed by atoms with Gasteiger partial charge in [0.1, 0.15) is 25.1 Å². The molecule has 0 fully saturated rings. The second-order valence-corrected chi connectivity index (χ2v) is 7.46. The number of nitrogens with zero attached hydrogens (tertiary/aromatic N) is 1. The number of ether oxygens (including phenoxy) is 3. The molecule has 0 radical (unpaired) electrons. The van der Waals surface area contributed by atoms with Crippen LogP contribution in [0.1, 0.15) is 17.5 Å². The highest BCUT2D eigenvalue weighted by atomic mass is 35.5. The molecule has 0 amide bonds. The van der Waals surface area contributed by atoms with Gasteiger partial charge in [0.05, 0.1) is 21.7 Å². The highest BCUT2D eigenvalue weighted by molar-refractivity contribution is 6.42. The van der Waals surface area contributed by atoms with Crippen molar-refractivity contribution >= 4 is 23.2 Å². The Hall–Kier alpha value is -2.61. The molecule has 142 valence electrons. The fourth-order valence-electron chi connectivity index (χ4n) is 3.16. The summed E-state index contributed by atoms with van der Waals surface area (Å²) < 4.78 is 17.7. The number of hydrogen-bond donors (Lipinski definition) is 0. The maximum Gasteiger partial charge on any atom is 0.162 e. The zero-order valence-electron chi connectivity index (χ0n) is 14.9. The molecule has 0 saturated heterocycles. The zero-order valence-corrected chi connectivity index (χ0v) is 16.4. The van der Waals surface area contributed by atoms with Crippen molar-refractivity contribution in [3.63, 3.8) is 0 Å². The van der Waals surface area contributed by atoms with Gasteiger partial charge in [-0.2, -0.15) is 5.26 Å². The Morgan fingerprint density at radius 3 is 2.75 bits per heavy atom. The molecule has 2 aromatic rings. The average Bonchev–Trinajstić information content (AvgIpc) is 2.74. The van der Waals surface area contributed by atoms with Crippen LogP contribution in [0.5, 0.6) is 11.5 Å². The SMILES string of the molecule is N#Cc1ccc2c(c1)OC[C@@H](C1C=CC(OCc3ccc(Cl)c(Cl)c3)=CC1)O2. The molecule has 0 bridgehead atoms. The molecular formula is C22H17Cl2NO3. The molecule has 0 spiro atoms. The fraction of sp³-hybridized carbons (Fsp3) is 0.227. The Labute approximate surface area is 173 Å². The van der Waals surface area contributed by atoms with Crippen molar-refractivity contribution in [1.29, 1.82) is 5.26 Å². The van der Waals surface area contributed by atoms with Gasteiger partial charge in [0.2, 0.25) is 0 Å². The highest BCUT2D eigenvalue weighted by Crippen LogP contribution is 2.35. The van der Waals surface area contributed by atoms with E-state index < -0.39 is 0 Å². The second-order valence-electron chi connectivity index (χ2n) is 6.64. The van der Waals surface area contributed by atoms with E-state index in [1.54, 1.807) is 24.3 Å². The monoisotopic (exact) mass is 413 g/mol. The van der Waals surface area contributed by atoms with Crippen LogP contribution in [-0.2, 0) is 11.3 Å². The average molecular weight is 414 g/mol. The number of fused-ring (bicyclic) bond motifs is 1. The minimum Gasteiger partial charge on any atom is -0.489 e. The third kappa shape index (κ3) is 4.11. The lowest BCUT2D eigenvalue weighted by molar-refractivity contribution is 0.0615. The van der Waals surface area contributed by atoms with Crippen molar-refractivity contribution < 1.29 is 14.2 Å². The quantitative estimate of drug-likeness (QED) is 0.646. The van der Waals surface area contributed by atoms with Crippen molar-refractivity contribution in [3.05, 3.63) is 81.6 Å². The molecule has 0 saturated carbocycles. The largest absolute Gasteiger partial charge is 0.489 e. The van der Waals surface area contributed by atoms with Gasteiger partial charge in [0.15, 0.2) is 11.5 Å². The standard InChI is InChI=1S/C22H17Cl2NO3/c23-18-7-1-15(9-19(18)24)12-26-17-5-3-16(4-6-17)22-13-27-21-10-14(11-25)2-8-20(21)28-22/h1-3,5-10,16,22H,4,12-13H2/t16?,22-/m0/s1. The summed E-state index contributed by atoms with van der Waals surface area (Å²) in [6.45, 7) is 0.875. The molecule has 2 atom stereocenters. The van der Waals surface area contributed by atoms with Gasteiger partial charge in [-0.3, -0.25) is 0 Å². The maximum absolute atomic E-state index is 8.98. The normalized spacial score (nSPS) is 20.2. The minimum atomic E-state index is -0.0791. The van der Waals surface area contributed by atoms with Crippen LogP contribution in [0.4, 0.5) is 0 Å². The zero-order chi connectivity index (χ0) is 19.5. The van der Waals surface area contributed by atoms with E-state index in [2.05, 4.69) is 18.2 Å². The van der Waals surface area contributed by atoms with E-state index >= 15 is 0 Å². The van der Waals surface area contributed by atoms with Crippen molar-refractivity contribution in [1.82, 2.24) is 0 Å². The van der Waals surface area contributed by atoms with E-state index in [0.717, 1.165) is 17.7 Å². The van der Waals surface area contributed by atoms with Crippen LogP contribution in [0.15, 0.2) is 60.4 Å². The lowest BCUT2D eigenvalue weighted by Crippen LogP contribution is -2.35. The Balaban J connectivity index is 1.33. The first-order chi connectivity index (χ1) is 13.6. The molecule has 2 aliphatic rings. The third-order valence-electron chi connectivity index (χ3n) is 4.72. The molecule has 0 N–H and O–H groups in total. The predicted molar refractivity (Wildman–Crippen MR) is 108 cm³/mol. The summed E-state index contributed by atoms with van der Waals surface area (Å²) in [5, 5.41) is 10.0. The van der Waals surface area contributed by atoms with E-state index in [1.807, 2.05) is 18.2 Å². The maximum atomic E-state index is 8.98. The van der Waals surface area contributed by atoms with Gasteiger partial charge in [-0.1, -0.05) is 35.3 Å². The second kappa shape index (κ2) is 8.18. The van der Waals surface area contributed by atoms with Gasteiger partial charge in [0, 0.05) is 12.0 Å². The van der Waals surface area contributed by atoms with Crippen LogP contribution in [-0.4, -0.2) is 12.7 Å². The molecule has 0 aromatic heterocycles. The molecule has 1 aliphatic heterocycles. The van der Waals surface area contributed by atoms with Crippen LogP contribution in [0, 0.1) is 17.2 Å². The minimum absolute atomic E-state index is 0.0791. The summed E-state index contributed by atoms with van der Waals surface area (Å²) in [6.07, 6.45) is 6.83. The third-order valence-corrected chi connectivity index (χ3v) is 5.46. The van der Waals surface area contributed by atoms with E-state index in [4.69, 9.17) is 42.7 Å². The Kier molecular flexibility index (Phi) is 5.47. The molecular weight excluding hydrogens is 397 g/mol. The van der Waals surface area contributed by atoms with E-state index in [-0.39, 0.29) is 12.0 Å². The molecule has 4 nitrogen and oxygen atoms in total. The Morgan fingerprint density at radius 2 is 2.00 bits per heavy atom. The van der Waals surface area contributed by atoms with Gasteiger partial charge in [-0.25, -0.2) is 0 Å². The predicted octanol–water partition coefficient (Wildman–Crippen LogP) is 5.68. The van der Waals surface area contributed by atoms with E-state index in [0.29, 0.717) is 40.3 Å².